The molecule has 0 N–H and O–H groups in total. The Balaban J connectivity index is 2.03. The number of nitrogens with zero attached hydrogens (tertiary/aromatic N) is 3. The summed E-state index contributed by atoms with van der Waals surface area (Å²) in [6.07, 6.45) is 2.31. The summed E-state index contributed by atoms with van der Waals surface area (Å²) in [5, 5.41) is 9.30. The fourth-order valence-electron chi connectivity index (χ4n) is 2.75. The highest BCUT2D eigenvalue weighted by Gasteiger charge is 2.28. The minimum atomic E-state index is -0.701. The molecule has 2 rings (SSSR count). The number of likely N-dealkylation sites (N-methyl/N-ethyl adjacent to an activating group) is 2. The molecule has 106 valence electrons. The van der Waals surface area contributed by atoms with E-state index in [0.29, 0.717) is 12.6 Å². The van der Waals surface area contributed by atoms with Crippen molar-refractivity contribution < 1.29 is 4.79 Å². The molecule has 1 fully saturated rings. The molecule has 0 bridgehead atoms. The van der Waals surface area contributed by atoms with Gasteiger partial charge in [0.15, 0.2) is 0 Å². The minimum absolute atomic E-state index is 0.112. The molecule has 4 heteroatoms. The van der Waals surface area contributed by atoms with E-state index in [1.165, 1.54) is 6.42 Å². The summed E-state index contributed by atoms with van der Waals surface area (Å²) < 4.78 is 0. The van der Waals surface area contributed by atoms with E-state index in [1.807, 2.05) is 30.3 Å². The average Bonchev–Trinajstić information content (AvgIpc) is 2.86. The molecule has 0 saturated carbocycles. The van der Waals surface area contributed by atoms with Crippen LogP contribution in [-0.2, 0) is 4.79 Å². The van der Waals surface area contributed by atoms with Crippen LogP contribution in [0.5, 0.6) is 0 Å². The van der Waals surface area contributed by atoms with Gasteiger partial charge in [-0.25, -0.2) is 0 Å². The zero-order chi connectivity index (χ0) is 14.5. The number of nitriles is 1. The number of carbonyl (C=O) groups excluding carboxylic acids is 1. The molecule has 0 aliphatic carbocycles. The first kappa shape index (κ1) is 14.5. The second kappa shape index (κ2) is 6.53. The molecule has 0 spiro atoms. The maximum Gasteiger partial charge on any atom is 0.244 e. The maximum atomic E-state index is 12.5. The fourth-order valence-corrected chi connectivity index (χ4v) is 2.75. The number of likely N-dealkylation sites (tertiary alicyclic amines) is 1. The van der Waals surface area contributed by atoms with Gasteiger partial charge in [0.05, 0.1) is 6.07 Å². The summed E-state index contributed by atoms with van der Waals surface area (Å²) in [6.45, 7) is 1.79. The Hall–Kier alpha value is -1.86. The van der Waals surface area contributed by atoms with Gasteiger partial charge in [0.1, 0.15) is 5.92 Å². The number of hydrogen-bond donors (Lipinski definition) is 0. The quantitative estimate of drug-likeness (QED) is 0.839. The van der Waals surface area contributed by atoms with Crippen molar-refractivity contribution in [2.75, 3.05) is 27.2 Å². The van der Waals surface area contributed by atoms with E-state index in [0.717, 1.165) is 18.5 Å². The Kier molecular flexibility index (Phi) is 4.75. The van der Waals surface area contributed by atoms with Crippen molar-refractivity contribution in [3.8, 4) is 6.07 Å². The molecule has 1 saturated heterocycles. The van der Waals surface area contributed by atoms with Gasteiger partial charge in [-0.2, -0.15) is 5.26 Å². The van der Waals surface area contributed by atoms with E-state index in [1.54, 1.807) is 11.9 Å². The lowest BCUT2D eigenvalue weighted by atomic mass is 9.99. The molecule has 1 aliphatic heterocycles. The number of hydrogen-bond acceptors (Lipinski definition) is 3. The lowest BCUT2D eigenvalue weighted by molar-refractivity contribution is -0.130. The first-order chi connectivity index (χ1) is 9.63. The Morgan fingerprint density at radius 1 is 1.50 bits per heavy atom. The highest BCUT2D eigenvalue weighted by Crippen LogP contribution is 2.20. The number of amides is 1. The van der Waals surface area contributed by atoms with E-state index in [4.69, 9.17) is 0 Å². The normalized spacial score (nSPS) is 20.4. The van der Waals surface area contributed by atoms with Gasteiger partial charge in [0.2, 0.25) is 5.91 Å². The third-order valence-electron chi connectivity index (χ3n) is 4.04. The third kappa shape index (κ3) is 3.17. The molecule has 1 aromatic carbocycles. The Labute approximate surface area is 120 Å². The highest BCUT2D eigenvalue weighted by atomic mass is 16.2. The summed E-state index contributed by atoms with van der Waals surface area (Å²) in [6, 6.07) is 11.8. The van der Waals surface area contributed by atoms with Crippen LogP contribution in [0.3, 0.4) is 0 Å². The van der Waals surface area contributed by atoms with Gasteiger partial charge in [-0.15, -0.1) is 0 Å². The lowest BCUT2D eigenvalue weighted by Crippen LogP contribution is -2.41. The molecule has 4 nitrogen and oxygen atoms in total. The fraction of sp³-hybridized carbons (Fsp3) is 0.500. The summed E-state index contributed by atoms with van der Waals surface area (Å²) in [7, 11) is 3.89. The Bertz CT molecular complexity index is 494. The molecule has 2 atom stereocenters. The molecule has 1 amide bonds. The summed E-state index contributed by atoms with van der Waals surface area (Å²) in [4.78, 5) is 16.4. The predicted octanol–water partition coefficient (Wildman–Crippen LogP) is 1.85. The van der Waals surface area contributed by atoms with Gasteiger partial charge >= 0.3 is 0 Å². The van der Waals surface area contributed by atoms with Crippen LogP contribution in [0.2, 0.25) is 0 Å². The van der Waals surface area contributed by atoms with Crippen LogP contribution in [0.15, 0.2) is 30.3 Å². The molecule has 20 heavy (non-hydrogen) atoms. The van der Waals surface area contributed by atoms with E-state index in [9.17, 15) is 10.1 Å². The largest absolute Gasteiger partial charge is 0.343 e. The zero-order valence-electron chi connectivity index (χ0n) is 12.1. The van der Waals surface area contributed by atoms with Crippen LogP contribution in [0.25, 0.3) is 0 Å². The predicted molar refractivity (Wildman–Crippen MR) is 78.1 cm³/mol. The molecule has 2 unspecified atom stereocenters. The van der Waals surface area contributed by atoms with E-state index < -0.39 is 5.92 Å². The smallest absolute Gasteiger partial charge is 0.244 e. The Morgan fingerprint density at radius 2 is 2.20 bits per heavy atom. The van der Waals surface area contributed by atoms with E-state index in [-0.39, 0.29) is 5.91 Å². The molecule has 0 radical (unpaired) electrons. The summed E-state index contributed by atoms with van der Waals surface area (Å²) >= 11 is 0. The van der Waals surface area contributed by atoms with Gasteiger partial charge in [0, 0.05) is 19.6 Å². The van der Waals surface area contributed by atoms with Crippen molar-refractivity contribution in [1.82, 2.24) is 9.80 Å². The lowest BCUT2D eigenvalue weighted by Gasteiger charge is -2.27. The van der Waals surface area contributed by atoms with Crippen molar-refractivity contribution in [3.63, 3.8) is 0 Å². The maximum absolute atomic E-state index is 12.5. The first-order valence-corrected chi connectivity index (χ1v) is 7.03. The zero-order valence-corrected chi connectivity index (χ0v) is 12.1. The van der Waals surface area contributed by atoms with Crippen molar-refractivity contribution in [2.24, 2.45) is 0 Å². The second-order valence-corrected chi connectivity index (χ2v) is 5.47. The van der Waals surface area contributed by atoms with Gasteiger partial charge in [0.25, 0.3) is 0 Å². The molecule has 1 aliphatic rings. The minimum Gasteiger partial charge on any atom is -0.343 e. The van der Waals surface area contributed by atoms with Gasteiger partial charge in [-0.05, 0) is 32.0 Å². The van der Waals surface area contributed by atoms with Crippen LogP contribution in [-0.4, -0.2) is 48.9 Å². The average molecular weight is 271 g/mol. The van der Waals surface area contributed by atoms with Crippen molar-refractivity contribution in [3.05, 3.63) is 35.9 Å². The van der Waals surface area contributed by atoms with Crippen LogP contribution >= 0.6 is 0 Å². The highest BCUT2D eigenvalue weighted by molar-refractivity contribution is 5.86. The molecular formula is C16H21N3O. The molecule has 1 heterocycles. The van der Waals surface area contributed by atoms with Crippen LogP contribution in [0.4, 0.5) is 0 Å². The van der Waals surface area contributed by atoms with Crippen LogP contribution in [0.1, 0.15) is 24.3 Å². The number of carbonyl (C=O) groups is 1. The second-order valence-electron chi connectivity index (χ2n) is 5.47. The molecular weight excluding hydrogens is 250 g/mol. The molecule has 0 aromatic heterocycles. The van der Waals surface area contributed by atoms with Crippen molar-refractivity contribution in [2.45, 2.75) is 24.8 Å². The van der Waals surface area contributed by atoms with Gasteiger partial charge < -0.3 is 9.80 Å². The number of benzene rings is 1. The Morgan fingerprint density at radius 3 is 2.75 bits per heavy atom. The van der Waals surface area contributed by atoms with Crippen molar-refractivity contribution >= 4 is 5.91 Å². The first-order valence-electron chi connectivity index (χ1n) is 7.03. The molecule has 1 aromatic rings. The van der Waals surface area contributed by atoms with Crippen LogP contribution < -0.4 is 0 Å². The van der Waals surface area contributed by atoms with E-state index >= 15 is 0 Å². The SMILES string of the molecule is CN(CC1CCCN1C)C(=O)C(C#N)c1ccccc1. The van der Waals surface area contributed by atoms with Gasteiger partial charge in [-0.1, -0.05) is 30.3 Å². The van der Waals surface area contributed by atoms with Gasteiger partial charge in [-0.3, -0.25) is 4.79 Å². The summed E-state index contributed by atoms with van der Waals surface area (Å²) in [5.41, 5.74) is 0.770. The third-order valence-corrected chi connectivity index (χ3v) is 4.04. The topological polar surface area (TPSA) is 47.3 Å². The van der Waals surface area contributed by atoms with E-state index in [2.05, 4.69) is 18.0 Å². The number of rotatable bonds is 4. The standard InChI is InChI=1S/C16H21N3O/c1-18-10-6-9-14(18)12-19(2)16(20)15(11-17)13-7-4-3-5-8-13/h3-5,7-8,14-15H,6,9-10,12H2,1-2H3. The van der Waals surface area contributed by atoms with Crippen LogP contribution in [0, 0.1) is 11.3 Å². The summed E-state index contributed by atoms with van der Waals surface area (Å²) in [5.74, 6) is -0.813. The monoisotopic (exact) mass is 271 g/mol. The van der Waals surface area contributed by atoms with Crippen molar-refractivity contribution in [1.29, 1.82) is 5.26 Å².